The molecule has 1 saturated carbocycles. The Morgan fingerprint density at radius 1 is 1.23 bits per heavy atom. The molecule has 0 radical (unpaired) electrons. The van der Waals surface area contributed by atoms with E-state index in [1.807, 2.05) is 31.2 Å². The fourth-order valence-electron chi connectivity index (χ4n) is 3.81. The summed E-state index contributed by atoms with van der Waals surface area (Å²) in [6, 6.07) is 7.99. The Morgan fingerprint density at radius 2 is 2.05 bits per heavy atom. The quantitative estimate of drug-likeness (QED) is 0.852. The van der Waals surface area contributed by atoms with Crippen molar-refractivity contribution in [3.63, 3.8) is 0 Å². The van der Waals surface area contributed by atoms with Crippen LogP contribution in [0, 0.1) is 12.8 Å². The van der Waals surface area contributed by atoms with Gasteiger partial charge in [-0.15, -0.1) is 0 Å². The van der Waals surface area contributed by atoms with E-state index in [0.717, 1.165) is 35.9 Å². The van der Waals surface area contributed by atoms with Gasteiger partial charge in [-0.2, -0.15) is 4.31 Å². The second kappa shape index (κ2) is 4.99. The van der Waals surface area contributed by atoms with Crippen LogP contribution in [-0.4, -0.2) is 34.5 Å². The van der Waals surface area contributed by atoms with E-state index >= 15 is 0 Å². The number of hydrogen-bond donors (Lipinski definition) is 0. The standard InChI is InChI=1S/C16H19N3O2S/c1-11-14-4-2-3-5-15(14)18-16(17-11)9-19-13-7-6-12(8-13)10-22(19,20)21/h2-5,12-13H,6-10H2,1H3/t12-,13+/m0/s1. The molecule has 1 saturated heterocycles. The molecular formula is C16H19N3O2S. The minimum Gasteiger partial charge on any atom is -0.236 e. The van der Waals surface area contributed by atoms with Gasteiger partial charge in [-0.1, -0.05) is 18.2 Å². The second-order valence-electron chi connectivity index (χ2n) is 6.40. The fraction of sp³-hybridized carbons (Fsp3) is 0.500. The van der Waals surface area contributed by atoms with Gasteiger partial charge in [-0.25, -0.2) is 18.4 Å². The molecule has 0 spiro atoms. The van der Waals surface area contributed by atoms with Crippen molar-refractivity contribution in [2.24, 2.45) is 5.92 Å². The minimum absolute atomic E-state index is 0.138. The first kappa shape index (κ1) is 14.1. The summed E-state index contributed by atoms with van der Waals surface area (Å²) < 4.78 is 26.6. The molecule has 2 aromatic rings. The number of aryl methyl sites for hydroxylation is 1. The van der Waals surface area contributed by atoms with Crippen LogP contribution in [-0.2, 0) is 16.6 Å². The molecule has 2 atom stereocenters. The average molecular weight is 317 g/mol. The van der Waals surface area contributed by atoms with Gasteiger partial charge in [0.2, 0.25) is 10.0 Å². The van der Waals surface area contributed by atoms with Gasteiger partial charge in [0.05, 0.1) is 17.8 Å². The van der Waals surface area contributed by atoms with Crippen molar-refractivity contribution < 1.29 is 8.42 Å². The zero-order chi connectivity index (χ0) is 15.3. The Hall–Kier alpha value is -1.53. The van der Waals surface area contributed by atoms with Crippen LogP contribution >= 0.6 is 0 Å². The molecule has 0 amide bonds. The molecule has 2 heterocycles. The number of benzene rings is 1. The van der Waals surface area contributed by atoms with Crippen molar-refractivity contribution in [3.05, 3.63) is 35.8 Å². The first-order chi connectivity index (χ1) is 10.5. The molecule has 1 aromatic heterocycles. The smallest absolute Gasteiger partial charge is 0.215 e. The lowest BCUT2D eigenvalue weighted by Gasteiger charge is -2.32. The van der Waals surface area contributed by atoms with E-state index in [4.69, 9.17) is 0 Å². The minimum atomic E-state index is -3.17. The van der Waals surface area contributed by atoms with Crippen molar-refractivity contribution in [2.75, 3.05) is 5.75 Å². The van der Waals surface area contributed by atoms with Crippen molar-refractivity contribution in [1.82, 2.24) is 14.3 Å². The molecule has 0 unspecified atom stereocenters. The van der Waals surface area contributed by atoms with E-state index in [9.17, 15) is 8.42 Å². The van der Waals surface area contributed by atoms with Crippen LogP contribution in [0.25, 0.3) is 10.9 Å². The molecule has 0 N–H and O–H groups in total. The van der Waals surface area contributed by atoms with E-state index < -0.39 is 10.0 Å². The summed E-state index contributed by atoms with van der Waals surface area (Å²) in [5, 5.41) is 1.02. The van der Waals surface area contributed by atoms with Crippen molar-refractivity contribution >= 4 is 20.9 Å². The molecule has 1 aromatic carbocycles. The monoisotopic (exact) mass is 317 g/mol. The Balaban J connectivity index is 1.71. The highest BCUT2D eigenvalue weighted by molar-refractivity contribution is 7.89. The van der Waals surface area contributed by atoms with Crippen LogP contribution in [0.1, 0.15) is 30.8 Å². The van der Waals surface area contributed by atoms with Crippen LogP contribution in [0.4, 0.5) is 0 Å². The summed E-state index contributed by atoms with van der Waals surface area (Å²) in [5.41, 5.74) is 1.78. The van der Waals surface area contributed by atoms with E-state index in [2.05, 4.69) is 9.97 Å². The largest absolute Gasteiger partial charge is 0.236 e. The third kappa shape index (κ3) is 2.30. The number of fused-ring (bicyclic) bond motifs is 3. The van der Waals surface area contributed by atoms with Crippen LogP contribution in [0.15, 0.2) is 24.3 Å². The summed E-state index contributed by atoms with van der Waals surface area (Å²) in [7, 11) is -3.17. The molecule has 1 aliphatic carbocycles. The molecule has 116 valence electrons. The van der Waals surface area contributed by atoms with Crippen LogP contribution in [0.3, 0.4) is 0 Å². The van der Waals surface area contributed by atoms with Gasteiger partial charge in [0.25, 0.3) is 0 Å². The first-order valence-electron chi connectivity index (χ1n) is 7.75. The molecular weight excluding hydrogens is 298 g/mol. The number of rotatable bonds is 2. The van der Waals surface area contributed by atoms with E-state index in [0.29, 0.717) is 18.3 Å². The Bertz CT molecular complexity index is 834. The van der Waals surface area contributed by atoms with Gasteiger partial charge >= 0.3 is 0 Å². The van der Waals surface area contributed by atoms with E-state index in [1.54, 1.807) is 4.31 Å². The summed E-state index contributed by atoms with van der Waals surface area (Å²) in [6.07, 6.45) is 2.99. The van der Waals surface area contributed by atoms with E-state index in [-0.39, 0.29) is 11.8 Å². The number of sulfonamides is 1. The maximum absolute atomic E-state index is 12.5. The number of hydrogen-bond acceptors (Lipinski definition) is 4. The normalized spacial score (nSPS) is 27.3. The number of nitrogens with zero attached hydrogens (tertiary/aromatic N) is 3. The van der Waals surface area contributed by atoms with E-state index in [1.165, 1.54) is 0 Å². The Kier molecular flexibility index (Phi) is 3.20. The van der Waals surface area contributed by atoms with Crippen molar-refractivity contribution in [1.29, 1.82) is 0 Å². The van der Waals surface area contributed by atoms with Crippen LogP contribution < -0.4 is 0 Å². The second-order valence-corrected chi connectivity index (χ2v) is 8.37. The predicted octanol–water partition coefficient (Wildman–Crippen LogP) is 2.25. The summed E-state index contributed by atoms with van der Waals surface area (Å²) in [4.78, 5) is 9.09. The highest BCUT2D eigenvalue weighted by Crippen LogP contribution is 2.38. The first-order valence-corrected chi connectivity index (χ1v) is 9.35. The van der Waals surface area contributed by atoms with Gasteiger partial charge in [0.1, 0.15) is 5.82 Å². The zero-order valence-electron chi connectivity index (χ0n) is 12.6. The van der Waals surface area contributed by atoms with Gasteiger partial charge in [-0.3, -0.25) is 0 Å². The number of aromatic nitrogens is 2. The molecule has 6 heteroatoms. The lowest BCUT2D eigenvalue weighted by atomic mass is 10.1. The SMILES string of the molecule is Cc1nc(CN2[C@@H]3CC[C@@H](C3)CS2(=O)=O)nc2ccccc12. The van der Waals surface area contributed by atoms with Crippen LogP contribution in [0.5, 0.6) is 0 Å². The lowest BCUT2D eigenvalue weighted by molar-refractivity contribution is 0.288. The van der Waals surface area contributed by atoms with Crippen LogP contribution in [0.2, 0.25) is 0 Å². The maximum Gasteiger partial charge on any atom is 0.215 e. The van der Waals surface area contributed by atoms with Crippen molar-refractivity contribution in [3.8, 4) is 0 Å². The predicted molar refractivity (Wildman–Crippen MR) is 84.7 cm³/mol. The lowest BCUT2D eigenvalue weighted by Crippen LogP contribution is -2.44. The third-order valence-electron chi connectivity index (χ3n) is 4.86. The zero-order valence-corrected chi connectivity index (χ0v) is 13.4. The van der Waals surface area contributed by atoms with Crippen molar-refractivity contribution in [2.45, 2.75) is 38.8 Å². The topological polar surface area (TPSA) is 63.2 Å². The van der Waals surface area contributed by atoms with Gasteiger partial charge < -0.3 is 0 Å². The number of para-hydroxylation sites is 1. The van der Waals surface area contributed by atoms with Gasteiger partial charge in [0, 0.05) is 17.1 Å². The van der Waals surface area contributed by atoms with Gasteiger partial charge in [0.15, 0.2) is 0 Å². The molecule has 1 aliphatic heterocycles. The summed E-state index contributed by atoms with van der Waals surface area (Å²) in [6.45, 7) is 2.25. The molecule has 4 rings (SSSR count). The maximum atomic E-state index is 12.5. The molecule has 2 fully saturated rings. The average Bonchev–Trinajstić information content (AvgIpc) is 2.87. The Labute approximate surface area is 130 Å². The highest BCUT2D eigenvalue weighted by atomic mass is 32.2. The summed E-state index contributed by atoms with van der Waals surface area (Å²) in [5.74, 6) is 1.24. The third-order valence-corrected chi connectivity index (χ3v) is 6.90. The van der Waals surface area contributed by atoms with Gasteiger partial charge in [-0.05, 0) is 38.2 Å². The fourth-order valence-corrected chi connectivity index (χ4v) is 5.86. The molecule has 2 bridgehead atoms. The Morgan fingerprint density at radius 3 is 2.91 bits per heavy atom. The molecule has 5 nitrogen and oxygen atoms in total. The molecule has 22 heavy (non-hydrogen) atoms. The summed E-state index contributed by atoms with van der Waals surface area (Å²) >= 11 is 0. The molecule has 2 aliphatic rings. The highest BCUT2D eigenvalue weighted by Gasteiger charge is 2.43.